The van der Waals surface area contributed by atoms with Gasteiger partial charge in [0.25, 0.3) is 0 Å². The second-order valence-corrected chi connectivity index (χ2v) is 5.81. The van der Waals surface area contributed by atoms with E-state index in [1.54, 1.807) is 30.0 Å². The number of rotatable bonds is 2. The molecule has 6 heteroatoms. The molecule has 0 amide bonds. The fourth-order valence-corrected chi connectivity index (χ4v) is 3.28. The number of hydrogen-bond acceptors (Lipinski definition) is 5. The highest BCUT2D eigenvalue weighted by Gasteiger charge is 2.22. The maximum Gasteiger partial charge on any atom is 0.311 e. The van der Waals surface area contributed by atoms with Crippen LogP contribution in [0.25, 0.3) is 6.08 Å². The van der Waals surface area contributed by atoms with Gasteiger partial charge in [-0.3, -0.25) is 14.9 Å². The summed E-state index contributed by atoms with van der Waals surface area (Å²) in [4.78, 5) is 23.6. The zero-order chi connectivity index (χ0) is 15.7. The fraction of sp³-hybridized carbons (Fsp3) is 0.0625. The number of fused-ring (bicyclic) bond motifs is 1. The van der Waals surface area contributed by atoms with E-state index in [-0.39, 0.29) is 17.2 Å². The quantitative estimate of drug-likeness (QED) is 0.520. The van der Waals surface area contributed by atoms with Crippen LogP contribution >= 0.6 is 11.8 Å². The van der Waals surface area contributed by atoms with Crippen molar-refractivity contribution in [1.29, 1.82) is 0 Å². The Morgan fingerprint density at radius 3 is 2.77 bits per heavy atom. The van der Waals surface area contributed by atoms with Gasteiger partial charge in [0.15, 0.2) is 11.5 Å². The first-order valence-electron chi connectivity index (χ1n) is 6.51. The predicted molar refractivity (Wildman–Crippen MR) is 84.2 cm³/mol. The molecule has 0 bridgehead atoms. The van der Waals surface area contributed by atoms with Crippen LogP contribution in [0.4, 0.5) is 5.69 Å². The van der Waals surface area contributed by atoms with Crippen LogP contribution in [0.1, 0.15) is 15.9 Å². The highest BCUT2D eigenvalue weighted by molar-refractivity contribution is 7.99. The molecule has 1 N–H and O–H groups in total. The van der Waals surface area contributed by atoms with E-state index < -0.39 is 4.92 Å². The molecule has 0 atom stereocenters. The number of nitrogens with zero attached hydrogens (tertiary/aromatic N) is 1. The molecule has 0 aliphatic carbocycles. The van der Waals surface area contributed by atoms with Gasteiger partial charge in [0.2, 0.25) is 0 Å². The molecule has 3 rings (SSSR count). The molecule has 1 aliphatic rings. The number of hydrogen-bond donors (Lipinski definition) is 1. The first-order chi connectivity index (χ1) is 10.6. The van der Waals surface area contributed by atoms with Gasteiger partial charge in [0.1, 0.15) is 0 Å². The van der Waals surface area contributed by atoms with Crippen LogP contribution in [0.5, 0.6) is 5.75 Å². The number of benzene rings is 2. The smallest absolute Gasteiger partial charge is 0.311 e. The van der Waals surface area contributed by atoms with Crippen LogP contribution in [-0.2, 0) is 0 Å². The van der Waals surface area contributed by atoms with E-state index in [9.17, 15) is 20.0 Å². The Morgan fingerprint density at radius 2 is 2.00 bits per heavy atom. The van der Waals surface area contributed by atoms with Gasteiger partial charge < -0.3 is 5.11 Å². The molecule has 0 radical (unpaired) electrons. The van der Waals surface area contributed by atoms with Gasteiger partial charge in [-0.25, -0.2) is 0 Å². The summed E-state index contributed by atoms with van der Waals surface area (Å²) in [6, 6.07) is 11.5. The van der Waals surface area contributed by atoms with Crippen LogP contribution in [0.2, 0.25) is 0 Å². The Kier molecular flexibility index (Phi) is 3.68. The largest absolute Gasteiger partial charge is 0.502 e. The number of carbonyl (C=O) groups excluding carboxylic acids is 1. The van der Waals surface area contributed by atoms with E-state index in [0.29, 0.717) is 22.5 Å². The number of phenols is 1. The average Bonchev–Trinajstić information content (AvgIpc) is 2.52. The zero-order valence-corrected chi connectivity index (χ0v) is 12.2. The molecule has 2 aromatic carbocycles. The average molecular weight is 313 g/mol. The van der Waals surface area contributed by atoms with E-state index in [1.807, 2.05) is 18.2 Å². The van der Waals surface area contributed by atoms with Crippen molar-refractivity contribution in [2.75, 3.05) is 5.75 Å². The molecular formula is C16H11NO4S. The van der Waals surface area contributed by atoms with Gasteiger partial charge in [0.05, 0.1) is 4.92 Å². The van der Waals surface area contributed by atoms with Crippen molar-refractivity contribution in [3.8, 4) is 5.75 Å². The molecule has 0 unspecified atom stereocenters. The third-order valence-electron chi connectivity index (χ3n) is 3.34. The van der Waals surface area contributed by atoms with E-state index in [0.717, 1.165) is 4.90 Å². The van der Waals surface area contributed by atoms with Crippen LogP contribution in [0.3, 0.4) is 0 Å². The van der Waals surface area contributed by atoms with Crippen molar-refractivity contribution < 1.29 is 14.8 Å². The standard InChI is InChI=1S/C16H11NO4S/c18-14-6-5-10(8-13(14)17(20)21)7-11-9-22-15-4-2-1-3-12(15)16(11)19/h1-8,18H,9H2. The predicted octanol–water partition coefficient (Wildman–Crippen LogP) is 3.67. The number of aromatic hydroxyl groups is 1. The molecular weight excluding hydrogens is 302 g/mol. The first-order valence-corrected chi connectivity index (χ1v) is 7.49. The topological polar surface area (TPSA) is 80.4 Å². The Hall–Kier alpha value is -2.60. The minimum Gasteiger partial charge on any atom is -0.502 e. The van der Waals surface area contributed by atoms with Gasteiger partial charge in [-0.05, 0) is 29.8 Å². The van der Waals surface area contributed by atoms with E-state index in [2.05, 4.69) is 0 Å². The van der Waals surface area contributed by atoms with E-state index in [4.69, 9.17) is 0 Å². The van der Waals surface area contributed by atoms with Crippen molar-refractivity contribution in [3.63, 3.8) is 0 Å². The van der Waals surface area contributed by atoms with Gasteiger partial charge in [0, 0.05) is 27.9 Å². The van der Waals surface area contributed by atoms with Crippen molar-refractivity contribution in [3.05, 3.63) is 69.3 Å². The monoisotopic (exact) mass is 313 g/mol. The molecule has 110 valence electrons. The number of ketones is 1. The minimum atomic E-state index is -0.649. The summed E-state index contributed by atoms with van der Waals surface area (Å²) in [6.07, 6.45) is 1.64. The minimum absolute atomic E-state index is 0.0647. The van der Waals surface area contributed by atoms with E-state index >= 15 is 0 Å². The van der Waals surface area contributed by atoms with Crippen LogP contribution in [0, 0.1) is 10.1 Å². The fourth-order valence-electron chi connectivity index (χ4n) is 2.26. The number of Topliss-reactive ketones (excluding diaryl/α,β-unsaturated/α-hetero) is 1. The van der Waals surface area contributed by atoms with Crippen LogP contribution in [0.15, 0.2) is 52.9 Å². The van der Waals surface area contributed by atoms with E-state index in [1.165, 1.54) is 12.1 Å². The van der Waals surface area contributed by atoms with Crippen molar-refractivity contribution >= 4 is 29.3 Å². The van der Waals surface area contributed by atoms with Gasteiger partial charge in [-0.15, -0.1) is 11.8 Å². The molecule has 0 aromatic heterocycles. The summed E-state index contributed by atoms with van der Waals surface area (Å²) >= 11 is 1.56. The van der Waals surface area contributed by atoms with Crippen molar-refractivity contribution in [2.24, 2.45) is 0 Å². The normalized spacial score (nSPS) is 15.6. The molecule has 2 aromatic rings. The Bertz CT molecular complexity index is 814. The summed E-state index contributed by atoms with van der Waals surface area (Å²) in [5, 5.41) is 20.3. The second kappa shape index (κ2) is 5.65. The highest BCUT2D eigenvalue weighted by atomic mass is 32.2. The Labute approximate surface area is 130 Å². The number of phenolic OH excluding ortho intramolecular Hbond substituents is 1. The summed E-state index contributed by atoms with van der Waals surface area (Å²) in [5.74, 6) is 0.0664. The summed E-state index contributed by atoms with van der Waals surface area (Å²) in [6.45, 7) is 0. The van der Waals surface area contributed by atoms with Crippen LogP contribution in [-0.4, -0.2) is 21.6 Å². The summed E-state index contributed by atoms with van der Waals surface area (Å²) in [5.41, 5.74) is 1.39. The molecule has 0 saturated carbocycles. The molecule has 22 heavy (non-hydrogen) atoms. The molecule has 1 aliphatic heterocycles. The van der Waals surface area contributed by atoms with Gasteiger partial charge in [-0.1, -0.05) is 18.2 Å². The first kappa shape index (κ1) is 14.3. The Balaban J connectivity index is 1.99. The second-order valence-electron chi connectivity index (χ2n) is 4.79. The molecule has 1 heterocycles. The molecule has 0 spiro atoms. The van der Waals surface area contributed by atoms with Crippen molar-refractivity contribution in [1.82, 2.24) is 0 Å². The SMILES string of the molecule is O=C1C(=Cc2ccc(O)c([N+](=O)[O-])c2)CSc2ccccc21. The third-order valence-corrected chi connectivity index (χ3v) is 4.47. The lowest BCUT2D eigenvalue weighted by Crippen LogP contribution is -2.12. The Morgan fingerprint density at radius 1 is 1.23 bits per heavy atom. The maximum atomic E-state index is 12.4. The van der Waals surface area contributed by atoms with Gasteiger partial charge in [-0.2, -0.15) is 0 Å². The lowest BCUT2D eigenvalue weighted by molar-refractivity contribution is -0.385. The molecule has 5 nitrogen and oxygen atoms in total. The van der Waals surface area contributed by atoms with Crippen LogP contribution < -0.4 is 0 Å². The number of nitro benzene ring substituents is 1. The third kappa shape index (κ3) is 2.60. The summed E-state index contributed by atoms with van der Waals surface area (Å²) in [7, 11) is 0. The van der Waals surface area contributed by atoms with Gasteiger partial charge >= 0.3 is 5.69 Å². The lowest BCUT2D eigenvalue weighted by Gasteiger charge is -2.16. The number of carbonyl (C=O) groups is 1. The number of thioether (sulfide) groups is 1. The highest BCUT2D eigenvalue weighted by Crippen LogP contribution is 2.34. The lowest BCUT2D eigenvalue weighted by atomic mass is 10.0. The number of nitro groups is 1. The maximum absolute atomic E-state index is 12.4. The summed E-state index contributed by atoms with van der Waals surface area (Å²) < 4.78 is 0. The van der Waals surface area contributed by atoms with Crippen molar-refractivity contribution in [2.45, 2.75) is 4.90 Å². The molecule has 0 fully saturated rings. The molecule has 0 saturated heterocycles. The zero-order valence-electron chi connectivity index (χ0n) is 11.4.